The Kier molecular flexibility index (Phi) is 2.94. The van der Waals surface area contributed by atoms with Crippen LogP contribution in [0.25, 0.3) is 10.8 Å². The standard InChI is InChI=1S/C12H15N3OS/c13-6-5-11-14-15-12(16-11)10-7-8-3-1-2-4-9(8)17-10/h7H,1-6,13H2. The van der Waals surface area contributed by atoms with Gasteiger partial charge < -0.3 is 10.2 Å². The zero-order valence-corrected chi connectivity index (χ0v) is 10.4. The van der Waals surface area contributed by atoms with Crippen molar-refractivity contribution in [1.82, 2.24) is 10.2 Å². The largest absolute Gasteiger partial charge is 0.420 e. The molecule has 3 rings (SSSR count). The van der Waals surface area contributed by atoms with E-state index in [1.807, 2.05) is 0 Å². The molecule has 1 aliphatic rings. The molecule has 2 aromatic heterocycles. The number of fused-ring (bicyclic) bond motifs is 1. The fourth-order valence-corrected chi connectivity index (χ4v) is 3.35. The minimum Gasteiger partial charge on any atom is -0.420 e. The van der Waals surface area contributed by atoms with E-state index in [9.17, 15) is 0 Å². The summed E-state index contributed by atoms with van der Waals surface area (Å²) in [6, 6.07) is 2.21. The lowest BCUT2D eigenvalue weighted by Crippen LogP contribution is -2.02. The van der Waals surface area contributed by atoms with Crippen molar-refractivity contribution in [1.29, 1.82) is 0 Å². The molecule has 5 heteroatoms. The monoisotopic (exact) mass is 249 g/mol. The van der Waals surface area contributed by atoms with Gasteiger partial charge in [-0.05, 0) is 37.3 Å². The third kappa shape index (κ3) is 2.12. The molecule has 0 fully saturated rings. The van der Waals surface area contributed by atoms with Crippen molar-refractivity contribution in [3.63, 3.8) is 0 Å². The predicted molar refractivity (Wildman–Crippen MR) is 67.0 cm³/mol. The molecule has 1 aliphatic carbocycles. The lowest BCUT2D eigenvalue weighted by molar-refractivity contribution is 0.508. The Morgan fingerprint density at radius 1 is 1.29 bits per heavy atom. The van der Waals surface area contributed by atoms with Crippen LogP contribution in [-0.2, 0) is 19.3 Å². The number of hydrogen-bond acceptors (Lipinski definition) is 5. The fraction of sp³-hybridized carbons (Fsp3) is 0.500. The number of aryl methyl sites for hydroxylation is 2. The van der Waals surface area contributed by atoms with Gasteiger partial charge in [-0.25, -0.2) is 0 Å². The molecule has 0 bridgehead atoms. The predicted octanol–water partition coefficient (Wildman–Crippen LogP) is 2.18. The smallest absolute Gasteiger partial charge is 0.257 e. The van der Waals surface area contributed by atoms with Crippen LogP contribution >= 0.6 is 11.3 Å². The van der Waals surface area contributed by atoms with Gasteiger partial charge in [-0.3, -0.25) is 0 Å². The highest BCUT2D eigenvalue weighted by Gasteiger charge is 2.17. The Labute approximate surface area is 104 Å². The minimum atomic E-state index is 0.544. The molecule has 2 heterocycles. The number of thiophene rings is 1. The summed E-state index contributed by atoms with van der Waals surface area (Å²) in [6.07, 6.45) is 5.64. The van der Waals surface area contributed by atoms with Crippen molar-refractivity contribution in [2.75, 3.05) is 6.54 Å². The normalized spacial score (nSPS) is 14.9. The van der Waals surface area contributed by atoms with Crippen LogP contribution in [0.4, 0.5) is 0 Å². The zero-order chi connectivity index (χ0) is 11.7. The van der Waals surface area contributed by atoms with E-state index in [4.69, 9.17) is 10.2 Å². The average Bonchev–Trinajstić information content (AvgIpc) is 2.94. The number of rotatable bonds is 3. The van der Waals surface area contributed by atoms with Crippen molar-refractivity contribution in [3.8, 4) is 10.8 Å². The van der Waals surface area contributed by atoms with E-state index in [1.54, 1.807) is 11.3 Å². The van der Waals surface area contributed by atoms with Crippen LogP contribution in [0.1, 0.15) is 29.2 Å². The number of nitrogens with two attached hydrogens (primary N) is 1. The van der Waals surface area contributed by atoms with Crippen LogP contribution in [0, 0.1) is 0 Å². The summed E-state index contributed by atoms with van der Waals surface area (Å²) in [7, 11) is 0. The minimum absolute atomic E-state index is 0.544. The first-order valence-electron chi connectivity index (χ1n) is 6.01. The van der Waals surface area contributed by atoms with Gasteiger partial charge in [0.05, 0.1) is 4.88 Å². The second-order valence-corrected chi connectivity index (χ2v) is 5.44. The maximum absolute atomic E-state index is 5.60. The van der Waals surface area contributed by atoms with Crippen molar-refractivity contribution in [3.05, 3.63) is 22.4 Å². The van der Waals surface area contributed by atoms with Crippen molar-refractivity contribution < 1.29 is 4.42 Å². The van der Waals surface area contributed by atoms with E-state index in [0.717, 1.165) is 4.88 Å². The lowest BCUT2D eigenvalue weighted by Gasteiger charge is -2.08. The molecule has 2 aromatic rings. The van der Waals surface area contributed by atoms with Crippen LogP contribution in [0.15, 0.2) is 10.5 Å². The molecule has 0 amide bonds. The van der Waals surface area contributed by atoms with Crippen LogP contribution in [0.5, 0.6) is 0 Å². The van der Waals surface area contributed by atoms with Crippen LogP contribution in [-0.4, -0.2) is 16.7 Å². The maximum atomic E-state index is 5.60. The molecule has 0 atom stereocenters. The molecular weight excluding hydrogens is 234 g/mol. The molecule has 0 spiro atoms. The molecule has 0 aromatic carbocycles. The van der Waals surface area contributed by atoms with E-state index in [-0.39, 0.29) is 0 Å². The summed E-state index contributed by atoms with van der Waals surface area (Å²) in [6.45, 7) is 0.544. The summed E-state index contributed by atoms with van der Waals surface area (Å²) < 4.78 is 5.60. The van der Waals surface area contributed by atoms with E-state index in [1.165, 1.54) is 36.1 Å². The van der Waals surface area contributed by atoms with Gasteiger partial charge in [-0.15, -0.1) is 21.5 Å². The van der Waals surface area contributed by atoms with Gasteiger partial charge in [0.2, 0.25) is 5.89 Å². The van der Waals surface area contributed by atoms with Gasteiger partial charge in [-0.1, -0.05) is 0 Å². The summed E-state index contributed by atoms with van der Waals surface area (Å²) in [5, 5.41) is 8.09. The SMILES string of the molecule is NCCc1nnc(-c2cc3c(s2)CCCC3)o1. The van der Waals surface area contributed by atoms with Gasteiger partial charge in [-0.2, -0.15) is 0 Å². The molecule has 17 heavy (non-hydrogen) atoms. The molecular formula is C12H15N3OS. The third-order valence-corrected chi connectivity index (χ3v) is 4.26. The van der Waals surface area contributed by atoms with E-state index in [0.29, 0.717) is 24.7 Å². The molecule has 0 saturated heterocycles. The first-order chi connectivity index (χ1) is 8.36. The van der Waals surface area contributed by atoms with Gasteiger partial charge >= 0.3 is 0 Å². The van der Waals surface area contributed by atoms with E-state index >= 15 is 0 Å². The zero-order valence-electron chi connectivity index (χ0n) is 9.61. The molecule has 0 unspecified atom stereocenters. The highest BCUT2D eigenvalue weighted by molar-refractivity contribution is 7.15. The number of aromatic nitrogens is 2. The van der Waals surface area contributed by atoms with Crippen LogP contribution < -0.4 is 5.73 Å². The molecule has 0 radical (unpaired) electrons. The Bertz CT molecular complexity index is 494. The maximum Gasteiger partial charge on any atom is 0.257 e. The van der Waals surface area contributed by atoms with Gasteiger partial charge in [0.15, 0.2) is 0 Å². The Hall–Kier alpha value is -1.20. The highest BCUT2D eigenvalue weighted by atomic mass is 32.1. The Balaban J connectivity index is 1.89. The average molecular weight is 249 g/mol. The van der Waals surface area contributed by atoms with Crippen LogP contribution in [0.2, 0.25) is 0 Å². The molecule has 2 N–H and O–H groups in total. The summed E-state index contributed by atoms with van der Waals surface area (Å²) in [5.74, 6) is 1.28. The second kappa shape index (κ2) is 4.58. The van der Waals surface area contributed by atoms with Crippen molar-refractivity contribution in [2.45, 2.75) is 32.1 Å². The first-order valence-corrected chi connectivity index (χ1v) is 6.83. The second-order valence-electron chi connectivity index (χ2n) is 4.31. The molecule has 90 valence electrons. The third-order valence-electron chi connectivity index (χ3n) is 3.03. The quantitative estimate of drug-likeness (QED) is 0.905. The highest BCUT2D eigenvalue weighted by Crippen LogP contribution is 2.35. The van der Waals surface area contributed by atoms with Gasteiger partial charge in [0.25, 0.3) is 5.89 Å². The lowest BCUT2D eigenvalue weighted by atomic mass is 9.99. The fourth-order valence-electron chi connectivity index (χ4n) is 2.17. The van der Waals surface area contributed by atoms with Gasteiger partial charge in [0, 0.05) is 17.8 Å². The first kappa shape index (κ1) is 10.9. The molecule has 4 nitrogen and oxygen atoms in total. The topological polar surface area (TPSA) is 64.9 Å². The summed E-state index contributed by atoms with van der Waals surface area (Å²) in [5.41, 5.74) is 6.93. The Morgan fingerprint density at radius 2 is 2.18 bits per heavy atom. The summed E-state index contributed by atoms with van der Waals surface area (Å²) in [4.78, 5) is 2.59. The Morgan fingerprint density at radius 3 is 3.00 bits per heavy atom. The van der Waals surface area contributed by atoms with E-state index in [2.05, 4.69) is 16.3 Å². The molecule has 0 aliphatic heterocycles. The van der Waals surface area contributed by atoms with Crippen molar-refractivity contribution >= 4 is 11.3 Å². The van der Waals surface area contributed by atoms with Gasteiger partial charge in [0.1, 0.15) is 0 Å². The summed E-state index contributed by atoms with van der Waals surface area (Å²) >= 11 is 1.79. The molecule has 0 saturated carbocycles. The van der Waals surface area contributed by atoms with E-state index < -0.39 is 0 Å². The van der Waals surface area contributed by atoms with Crippen molar-refractivity contribution in [2.24, 2.45) is 5.73 Å². The van der Waals surface area contributed by atoms with Crippen LogP contribution in [0.3, 0.4) is 0 Å². The number of nitrogens with zero attached hydrogens (tertiary/aromatic N) is 2. The number of hydrogen-bond donors (Lipinski definition) is 1.